The van der Waals surface area contributed by atoms with E-state index in [0.717, 1.165) is 5.56 Å². The molecule has 1 rings (SSSR count). The third-order valence-corrected chi connectivity index (χ3v) is 2.05. The van der Waals surface area contributed by atoms with Gasteiger partial charge in [0.05, 0.1) is 14.2 Å². The maximum absolute atomic E-state index is 11.9. The van der Waals surface area contributed by atoms with Gasteiger partial charge >= 0.3 is 0 Å². The molecule has 0 unspecified atom stereocenters. The van der Waals surface area contributed by atoms with Crippen molar-refractivity contribution in [2.75, 3.05) is 27.4 Å². The van der Waals surface area contributed by atoms with Crippen LogP contribution in [-0.2, 0) is 6.54 Å². The van der Waals surface area contributed by atoms with Crippen LogP contribution < -0.4 is 14.8 Å². The third kappa shape index (κ3) is 3.40. The molecule has 0 aromatic heterocycles. The summed E-state index contributed by atoms with van der Waals surface area (Å²) in [5.41, 5.74) is 1.04. The number of nitrogens with one attached hydrogen (secondary N) is 1. The first-order valence-electron chi connectivity index (χ1n) is 4.79. The van der Waals surface area contributed by atoms with Crippen LogP contribution in [0.2, 0.25) is 0 Å². The normalized spacial score (nSPS) is 10.1. The number of alkyl halides is 1. The molecule has 15 heavy (non-hydrogen) atoms. The van der Waals surface area contributed by atoms with Gasteiger partial charge in [0.25, 0.3) is 0 Å². The summed E-state index contributed by atoms with van der Waals surface area (Å²) in [4.78, 5) is 0. The second kappa shape index (κ2) is 6.24. The molecular weight excluding hydrogens is 197 g/mol. The Hall–Kier alpha value is -1.29. The Bertz CT molecular complexity index is 305. The summed E-state index contributed by atoms with van der Waals surface area (Å²) in [5.74, 6) is 1.39. The van der Waals surface area contributed by atoms with Crippen LogP contribution >= 0.6 is 0 Å². The first-order chi connectivity index (χ1) is 7.31. The number of hydrogen-bond acceptors (Lipinski definition) is 3. The van der Waals surface area contributed by atoms with Crippen molar-refractivity contribution < 1.29 is 13.9 Å². The van der Waals surface area contributed by atoms with Gasteiger partial charge in [-0.1, -0.05) is 6.07 Å². The Labute approximate surface area is 89.2 Å². The van der Waals surface area contributed by atoms with Gasteiger partial charge in [-0.3, -0.25) is 0 Å². The highest BCUT2D eigenvalue weighted by Gasteiger charge is 2.03. The van der Waals surface area contributed by atoms with E-state index in [2.05, 4.69) is 5.32 Å². The molecule has 0 amide bonds. The summed E-state index contributed by atoms with van der Waals surface area (Å²) in [6.07, 6.45) is 0. The second-order valence-electron chi connectivity index (χ2n) is 3.06. The molecule has 0 saturated heterocycles. The van der Waals surface area contributed by atoms with Gasteiger partial charge in [-0.05, 0) is 17.7 Å². The molecule has 3 nitrogen and oxygen atoms in total. The lowest BCUT2D eigenvalue weighted by molar-refractivity contribution is 0.354. The van der Waals surface area contributed by atoms with Crippen molar-refractivity contribution in [2.24, 2.45) is 0 Å². The van der Waals surface area contributed by atoms with Crippen LogP contribution in [0.15, 0.2) is 18.2 Å². The van der Waals surface area contributed by atoms with Crippen LogP contribution in [-0.4, -0.2) is 27.4 Å². The lowest BCUT2D eigenvalue weighted by Gasteiger charge is -2.09. The molecule has 0 aliphatic carbocycles. The minimum Gasteiger partial charge on any atom is -0.493 e. The molecule has 0 bridgehead atoms. The Balaban J connectivity index is 2.66. The van der Waals surface area contributed by atoms with Crippen LogP contribution in [0.25, 0.3) is 0 Å². The molecule has 0 aliphatic rings. The van der Waals surface area contributed by atoms with Crippen molar-refractivity contribution in [3.63, 3.8) is 0 Å². The molecule has 0 heterocycles. The summed E-state index contributed by atoms with van der Waals surface area (Å²) in [6, 6.07) is 5.64. The second-order valence-corrected chi connectivity index (χ2v) is 3.06. The molecule has 1 aromatic rings. The van der Waals surface area contributed by atoms with E-state index in [1.165, 1.54) is 0 Å². The van der Waals surface area contributed by atoms with Crippen LogP contribution in [0.5, 0.6) is 11.5 Å². The fourth-order valence-electron chi connectivity index (χ4n) is 1.29. The minimum absolute atomic E-state index is 0.354. The average Bonchev–Trinajstić information content (AvgIpc) is 2.29. The van der Waals surface area contributed by atoms with E-state index in [0.29, 0.717) is 24.6 Å². The maximum Gasteiger partial charge on any atom is 0.161 e. The van der Waals surface area contributed by atoms with E-state index >= 15 is 0 Å². The average molecular weight is 213 g/mol. The molecule has 4 heteroatoms. The lowest BCUT2D eigenvalue weighted by Crippen LogP contribution is -2.15. The molecular formula is C11H16FNO2. The van der Waals surface area contributed by atoms with Gasteiger partial charge < -0.3 is 14.8 Å². The smallest absolute Gasteiger partial charge is 0.161 e. The van der Waals surface area contributed by atoms with Gasteiger partial charge in [-0.2, -0.15) is 0 Å². The summed E-state index contributed by atoms with van der Waals surface area (Å²) in [7, 11) is 3.19. The Morgan fingerprint density at radius 3 is 2.53 bits per heavy atom. The molecule has 0 aliphatic heterocycles. The van der Waals surface area contributed by atoms with Crippen molar-refractivity contribution >= 4 is 0 Å². The number of rotatable bonds is 6. The summed E-state index contributed by atoms with van der Waals surface area (Å²) < 4.78 is 22.1. The summed E-state index contributed by atoms with van der Waals surface area (Å²) in [6.45, 7) is 0.645. The molecule has 0 radical (unpaired) electrons. The van der Waals surface area contributed by atoms with Crippen LogP contribution in [0, 0.1) is 0 Å². The zero-order chi connectivity index (χ0) is 11.1. The lowest BCUT2D eigenvalue weighted by atomic mass is 10.2. The fourth-order valence-corrected chi connectivity index (χ4v) is 1.29. The standard InChI is InChI=1S/C11H16FNO2/c1-14-10-4-3-9(7-11(10)15-2)8-13-6-5-12/h3-4,7,13H,5-6,8H2,1-2H3. The third-order valence-electron chi connectivity index (χ3n) is 2.05. The van der Waals surface area contributed by atoms with Gasteiger partial charge in [0.1, 0.15) is 6.67 Å². The van der Waals surface area contributed by atoms with Crippen molar-refractivity contribution in [3.05, 3.63) is 23.8 Å². The van der Waals surface area contributed by atoms with E-state index in [9.17, 15) is 4.39 Å². The Kier molecular flexibility index (Phi) is 4.90. The number of benzene rings is 1. The van der Waals surface area contributed by atoms with Crippen molar-refractivity contribution in [3.8, 4) is 11.5 Å². The van der Waals surface area contributed by atoms with Crippen LogP contribution in [0.4, 0.5) is 4.39 Å². The first-order valence-corrected chi connectivity index (χ1v) is 4.79. The van der Waals surface area contributed by atoms with Gasteiger partial charge in [-0.15, -0.1) is 0 Å². The highest BCUT2D eigenvalue weighted by molar-refractivity contribution is 5.42. The number of hydrogen-bond donors (Lipinski definition) is 1. The summed E-state index contributed by atoms with van der Waals surface area (Å²) >= 11 is 0. The van der Waals surface area contributed by atoms with Crippen molar-refractivity contribution in [1.82, 2.24) is 5.32 Å². The molecule has 84 valence electrons. The first kappa shape index (κ1) is 11.8. The van der Waals surface area contributed by atoms with Gasteiger partial charge in [0.15, 0.2) is 11.5 Å². The topological polar surface area (TPSA) is 30.5 Å². The molecule has 0 fully saturated rings. The Morgan fingerprint density at radius 2 is 1.93 bits per heavy atom. The van der Waals surface area contributed by atoms with Crippen molar-refractivity contribution in [2.45, 2.75) is 6.54 Å². The van der Waals surface area contributed by atoms with E-state index in [1.54, 1.807) is 14.2 Å². The number of halogens is 1. The van der Waals surface area contributed by atoms with Crippen molar-refractivity contribution in [1.29, 1.82) is 0 Å². The molecule has 0 spiro atoms. The molecule has 0 saturated carbocycles. The maximum atomic E-state index is 11.9. The largest absolute Gasteiger partial charge is 0.493 e. The molecule has 1 N–H and O–H groups in total. The van der Waals surface area contributed by atoms with Gasteiger partial charge in [0.2, 0.25) is 0 Å². The number of ether oxygens (including phenoxy) is 2. The summed E-state index contributed by atoms with van der Waals surface area (Å²) in [5, 5.41) is 2.97. The highest BCUT2D eigenvalue weighted by atomic mass is 19.1. The van der Waals surface area contributed by atoms with Gasteiger partial charge in [0, 0.05) is 13.1 Å². The quantitative estimate of drug-likeness (QED) is 0.730. The zero-order valence-electron chi connectivity index (χ0n) is 9.05. The van der Waals surface area contributed by atoms with Gasteiger partial charge in [-0.25, -0.2) is 4.39 Å². The number of methoxy groups -OCH3 is 2. The fraction of sp³-hybridized carbons (Fsp3) is 0.455. The molecule has 1 aromatic carbocycles. The van der Waals surface area contributed by atoms with Crippen LogP contribution in [0.3, 0.4) is 0 Å². The highest BCUT2D eigenvalue weighted by Crippen LogP contribution is 2.27. The zero-order valence-corrected chi connectivity index (χ0v) is 9.05. The Morgan fingerprint density at radius 1 is 1.20 bits per heavy atom. The molecule has 0 atom stereocenters. The monoisotopic (exact) mass is 213 g/mol. The van der Waals surface area contributed by atoms with E-state index in [4.69, 9.17) is 9.47 Å². The minimum atomic E-state index is -0.354. The van der Waals surface area contributed by atoms with E-state index in [1.807, 2.05) is 18.2 Å². The predicted octanol–water partition coefficient (Wildman–Crippen LogP) is 1.76. The van der Waals surface area contributed by atoms with Crippen LogP contribution in [0.1, 0.15) is 5.56 Å². The predicted molar refractivity (Wildman–Crippen MR) is 57.2 cm³/mol. The van der Waals surface area contributed by atoms with E-state index in [-0.39, 0.29) is 6.67 Å². The SMILES string of the molecule is COc1ccc(CNCCF)cc1OC. The van der Waals surface area contributed by atoms with E-state index < -0.39 is 0 Å².